The highest BCUT2D eigenvalue weighted by Gasteiger charge is 2.19. The van der Waals surface area contributed by atoms with Gasteiger partial charge in [0.15, 0.2) is 0 Å². The fourth-order valence-electron chi connectivity index (χ4n) is 1.69. The molecule has 0 aliphatic heterocycles. The highest BCUT2D eigenvalue weighted by Crippen LogP contribution is 2.27. The van der Waals surface area contributed by atoms with Gasteiger partial charge in [0.25, 0.3) is 0 Å². The topological polar surface area (TPSA) is 37.3 Å². The average molecular weight is 285 g/mol. The molecule has 2 nitrogen and oxygen atoms in total. The normalized spacial score (nSPS) is 11.4. The van der Waals surface area contributed by atoms with Crippen molar-refractivity contribution in [3.8, 4) is 0 Å². The minimum atomic E-state index is -0.719. The molecule has 3 heteroatoms. The summed E-state index contributed by atoms with van der Waals surface area (Å²) in [7, 11) is 0. The highest BCUT2D eigenvalue weighted by molar-refractivity contribution is 9.10. The van der Waals surface area contributed by atoms with Crippen LogP contribution >= 0.6 is 15.9 Å². The number of carboxylic acid groups (broad SMARTS) is 1. The van der Waals surface area contributed by atoms with Crippen LogP contribution in [0, 0.1) is 5.41 Å². The summed E-state index contributed by atoms with van der Waals surface area (Å²) in [6.45, 7) is 4.22. The van der Waals surface area contributed by atoms with Gasteiger partial charge in [0, 0.05) is 10.9 Å². The lowest BCUT2D eigenvalue weighted by molar-refractivity contribution is -0.137. The Labute approximate surface area is 105 Å². The van der Waals surface area contributed by atoms with E-state index in [1.807, 2.05) is 12.1 Å². The molecule has 0 saturated heterocycles. The second-order valence-corrected chi connectivity index (χ2v) is 5.78. The van der Waals surface area contributed by atoms with Crippen LogP contribution in [0.3, 0.4) is 0 Å². The first-order chi connectivity index (χ1) is 7.39. The number of carboxylic acids is 1. The van der Waals surface area contributed by atoms with Gasteiger partial charge in [0.2, 0.25) is 0 Å². The van der Waals surface area contributed by atoms with Gasteiger partial charge in [-0.25, -0.2) is 0 Å². The number of hydrogen-bond donors (Lipinski definition) is 1. The Hall–Kier alpha value is -0.830. The van der Waals surface area contributed by atoms with Gasteiger partial charge in [-0.3, -0.25) is 4.79 Å². The van der Waals surface area contributed by atoms with E-state index in [0.717, 1.165) is 10.9 Å². The van der Waals surface area contributed by atoms with E-state index >= 15 is 0 Å². The number of aliphatic carboxylic acids is 1. The van der Waals surface area contributed by atoms with Crippen LogP contribution in [-0.2, 0) is 11.2 Å². The van der Waals surface area contributed by atoms with Crippen LogP contribution in [0.4, 0.5) is 0 Å². The number of halogens is 1. The van der Waals surface area contributed by atoms with E-state index < -0.39 is 5.97 Å². The molecule has 0 bridgehead atoms. The van der Waals surface area contributed by atoms with Crippen molar-refractivity contribution in [3.63, 3.8) is 0 Å². The van der Waals surface area contributed by atoms with Crippen LogP contribution in [-0.4, -0.2) is 11.1 Å². The molecule has 0 heterocycles. The quantitative estimate of drug-likeness (QED) is 0.891. The monoisotopic (exact) mass is 284 g/mol. The predicted octanol–water partition coefficient (Wildman–Crippen LogP) is 3.88. The maximum absolute atomic E-state index is 10.5. The molecular weight excluding hydrogens is 268 g/mol. The van der Waals surface area contributed by atoms with Crippen molar-refractivity contribution < 1.29 is 9.90 Å². The van der Waals surface area contributed by atoms with Crippen molar-refractivity contribution in [3.05, 3.63) is 34.3 Å². The minimum Gasteiger partial charge on any atom is -0.481 e. The molecule has 88 valence electrons. The maximum Gasteiger partial charge on any atom is 0.303 e. The summed E-state index contributed by atoms with van der Waals surface area (Å²) < 4.78 is 1.07. The van der Waals surface area contributed by atoms with E-state index in [1.165, 1.54) is 5.56 Å². The van der Waals surface area contributed by atoms with Crippen molar-refractivity contribution in [2.45, 2.75) is 33.1 Å². The Bertz CT molecular complexity index is 355. The van der Waals surface area contributed by atoms with Gasteiger partial charge in [-0.2, -0.15) is 0 Å². The molecule has 1 aromatic carbocycles. The van der Waals surface area contributed by atoms with Crippen LogP contribution in [0.5, 0.6) is 0 Å². The van der Waals surface area contributed by atoms with E-state index in [4.69, 9.17) is 5.11 Å². The minimum absolute atomic E-state index is 0.0339. The molecule has 0 fully saturated rings. The third-order valence-electron chi connectivity index (χ3n) is 2.61. The zero-order valence-electron chi connectivity index (χ0n) is 9.66. The molecule has 0 saturated carbocycles. The molecule has 16 heavy (non-hydrogen) atoms. The smallest absolute Gasteiger partial charge is 0.303 e. The molecule has 0 aromatic heterocycles. The van der Waals surface area contributed by atoms with E-state index in [-0.39, 0.29) is 11.8 Å². The average Bonchev–Trinajstić information content (AvgIpc) is 2.19. The van der Waals surface area contributed by atoms with Crippen molar-refractivity contribution in [1.82, 2.24) is 0 Å². The summed E-state index contributed by atoms with van der Waals surface area (Å²) in [6, 6.07) is 8.18. The largest absolute Gasteiger partial charge is 0.481 e. The number of benzene rings is 1. The van der Waals surface area contributed by atoms with Gasteiger partial charge in [0.05, 0.1) is 0 Å². The number of hydrogen-bond acceptors (Lipinski definition) is 1. The molecule has 0 aliphatic carbocycles. The van der Waals surface area contributed by atoms with Gasteiger partial charge in [-0.15, -0.1) is 0 Å². The zero-order chi connectivity index (χ0) is 12.2. The third kappa shape index (κ3) is 4.79. The molecule has 0 radical (unpaired) electrons. The molecule has 0 spiro atoms. The first kappa shape index (κ1) is 13.2. The van der Waals surface area contributed by atoms with Crippen LogP contribution in [0.15, 0.2) is 28.7 Å². The Morgan fingerprint density at radius 3 is 2.38 bits per heavy atom. The third-order valence-corrected chi connectivity index (χ3v) is 3.14. The van der Waals surface area contributed by atoms with Gasteiger partial charge in [-0.05, 0) is 36.0 Å². The molecule has 1 aromatic rings. The molecule has 0 atom stereocenters. The fraction of sp³-hybridized carbons (Fsp3) is 0.462. The van der Waals surface area contributed by atoms with Crippen LogP contribution in [0.1, 0.15) is 32.3 Å². The van der Waals surface area contributed by atoms with Gasteiger partial charge in [0.1, 0.15) is 0 Å². The van der Waals surface area contributed by atoms with Gasteiger partial charge in [-0.1, -0.05) is 41.9 Å². The molecular formula is C13H17BrO2. The summed E-state index contributed by atoms with van der Waals surface area (Å²) in [6.07, 6.45) is 1.86. The zero-order valence-corrected chi connectivity index (χ0v) is 11.3. The van der Waals surface area contributed by atoms with E-state index in [2.05, 4.69) is 41.9 Å². The first-order valence-corrected chi connectivity index (χ1v) is 6.15. The molecule has 0 amide bonds. The lowest BCUT2D eigenvalue weighted by Gasteiger charge is -2.23. The van der Waals surface area contributed by atoms with Crippen molar-refractivity contribution >= 4 is 21.9 Å². The summed E-state index contributed by atoms with van der Waals surface area (Å²) in [5.74, 6) is -0.719. The second-order valence-electron chi connectivity index (χ2n) is 4.86. The van der Waals surface area contributed by atoms with E-state index in [0.29, 0.717) is 6.42 Å². The highest BCUT2D eigenvalue weighted by atomic mass is 79.9. The fourth-order valence-corrected chi connectivity index (χ4v) is 1.95. The second kappa shape index (κ2) is 5.48. The Balaban J connectivity index is 2.57. The Kier molecular flexibility index (Phi) is 4.54. The van der Waals surface area contributed by atoms with Gasteiger partial charge < -0.3 is 5.11 Å². The number of carbonyl (C=O) groups is 1. The predicted molar refractivity (Wildman–Crippen MR) is 68.5 cm³/mol. The summed E-state index contributed by atoms with van der Waals surface area (Å²) in [4.78, 5) is 10.5. The van der Waals surface area contributed by atoms with Crippen molar-refractivity contribution in [2.75, 3.05) is 0 Å². The molecule has 0 aliphatic rings. The lowest BCUT2D eigenvalue weighted by Crippen LogP contribution is -2.16. The summed E-state index contributed by atoms with van der Waals surface area (Å²) >= 11 is 3.40. The number of rotatable bonds is 5. The van der Waals surface area contributed by atoms with Crippen molar-refractivity contribution in [1.29, 1.82) is 0 Å². The molecule has 0 unspecified atom stereocenters. The maximum atomic E-state index is 10.5. The standard InChI is InChI=1S/C13H17BrO2/c1-13(2,8-7-12(15)16)9-10-3-5-11(14)6-4-10/h3-6H,7-9H2,1-2H3,(H,15,16). The van der Waals surface area contributed by atoms with Crippen LogP contribution < -0.4 is 0 Å². The van der Waals surface area contributed by atoms with E-state index in [1.54, 1.807) is 0 Å². The Morgan fingerprint density at radius 2 is 1.88 bits per heavy atom. The van der Waals surface area contributed by atoms with Crippen molar-refractivity contribution in [2.24, 2.45) is 5.41 Å². The summed E-state index contributed by atoms with van der Waals surface area (Å²) in [5, 5.41) is 8.67. The van der Waals surface area contributed by atoms with E-state index in [9.17, 15) is 4.79 Å². The molecule has 1 rings (SSSR count). The van der Waals surface area contributed by atoms with Crippen LogP contribution in [0.2, 0.25) is 0 Å². The lowest BCUT2D eigenvalue weighted by atomic mass is 9.82. The Morgan fingerprint density at radius 1 is 1.31 bits per heavy atom. The summed E-state index contributed by atoms with van der Waals surface area (Å²) in [5.41, 5.74) is 1.28. The first-order valence-electron chi connectivity index (χ1n) is 5.35. The van der Waals surface area contributed by atoms with Crippen LogP contribution in [0.25, 0.3) is 0 Å². The van der Waals surface area contributed by atoms with Gasteiger partial charge >= 0.3 is 5.97 Å². The molecule has 1 N–H and O–H groups in total. The SMILES string of the molecule is CC(C)(CCC(=O)O)Cc1ccc(Br)cc1.